The van der Waals surface area contributed by atoms with Gasteiger partial charge in [-0.2, -0.15) is 10.2 Å². The van der Waals surface area contributed by atoms with Gasteiger partial charge in [0, 0.05) is 29.7 Å². The number of nitrogens with one attached hydrogen (secondary N) is 4. The molecule has 0 aliphatic carbocycles. The number of nitrogen functional groups attached to an aromatic ring is 1. The molecule has 1 aliphatic heterocycles. The summed E-state index contributed by atoms with van der Waals surface area (Å²) in [7, 11) is 0. The fourth-order valence-corrected chi connectivity index (χ4v) is 4.06. The first-order valence-corrected chi connectivity index (χ1v) is 10.6. The summed E-state index contributed by atoms with van der Waals surface area (Å²) in [6.45, 7) is 1.72. The monoisotopic (exact) mass is 428 g/mol. The molecule has 9 heteroatoms. The summed E-state index contributed by atoms with van der Waals surface area (Å²) in [4.78, 5) is 12.6. The molecule has 3 heterocycles. The summed E-state index contributed by atoms with van der Waals surface area (Å²) < 4.78 is 1.81. The number of aromatic nitrogens is 4. The lowest BCUT2D eigenvalue weighted by Crippen LogP contribution is -2.40. The maximum atomic E-state index is 12.6. The minimum absolute atomic E-state index is 0.0922. The highest BCUT2D eigenvalue weighted by Crippen LogP contribution is 2.23. The third-order valence-electron chi connectivity index (χ3n) is 5.74. The van der Waals surface area contributed by atoms with Crippen LogP contribution in [0.25, 0.3) is 16.6 Å². The summed E-state index contributed by atoms with van der Waals surface area (Å²) in [5, 5.41) is 27.3. The highest BCUT2D eigenvalue weighted by Gasteiger charge is 2.22. The molecule has 6 N–H and O–H groups in total. The maximum Gasteiger partial charge on any atom is 0.288 e. The Balaban J connectivity index is 1.46. The number of nitrogens with two attached hydrogens (primary N) is 1. The molecule has 4 aromatic rings. The molecule has 9 nitrogen and oxygen atoms in total. The van der Waals surface area contributed by atoms with Crippen molar-refractivity contribution in [2.45, 2.75) is 18.9 Å². The zero-order chi connectivity index (χ0) is 22.1. The summed E-state index contributed by atoms with van der Waals surface area (Å²) in [6.07, 6.45) is 3.93. The maximum absolute atomic E-state index is 12.6. The van der Waals surface area contributed by atoms with Gasteiger partial charge in [-0.15, -0.1) is 0 Å². The SMILES string of the molecule is N=C(c1ccc(-n2cc3ccccc3n2)cc1)c1c(N)n[nH]c(=O)c1NC1CCCNC1. The van der Waals surface area contributed by atoms with Gasteiger partial charge in [-0.25, -0.2) is 9.78 Å². The van der Waals surface area contributed by atoms with Crippen LogP contribution in [0.4, 0.5) is 11.5 Å². The van der Waals surface area contributed by atoms with E-state index in [2.05, 4.69) is 25.9 Å². The average molecular weight is 429 g/mol. The number of fused-ring (bicyclic) bond motifs is 1. The lowest BCUT2D eigenvalue weighted by Gasteiger charge is -2.25. The number of hydrogen-bond acceptors (Lipinski definition) is 7. The van der Waals surface area contributed by atoms with Gasteiger partial charge in [-0.05, 0) is 37.6 Å². The van der Waals surface area contributed by atoms with E-state index in [0.717, 1.165) is 42.5 Å². The molecule has 32 heavy (non-hydrogen) atoms. The Morgan fingerprint density at radius 2 is 2.00 bits per heavy atom. The molecular formula is C23H24N8O. The van der Waals surface area contributed by atoms with Crippen LogP contribution >= 0.6 is 0 Å². The van der Waals surface area contributed by atoms with Crippen molar-refractivity contribution in [2.75, 3.05) is 24.1 Å². The van der Waals surface area contributed by atoms with Crippen LogP contribution in [0.3, 0.4) is 0 Å². The molecule has 162 valence electrons. The Bertz CT molecular complexity index is 1300. The van der Waals surface area contributed by atoms with E-state index in [4.69, 9.17) is 11.1 Å². The second kappa shape index (κ2) is 8.27. The first kappa shape index (κ1) is 20.0. The van der Waals surface area contributed by atoms with Crippen molar-refractivity contribution in [3.63, 3.8) is 0 Å². The highest BCUT2D eigenvalue weighted by atomic mass is 16.1. The molecule has 2 aromatic heterocycles. The number of anilines is 2. The smallest absolute Gasteiger partial charge is 0.288 e. The molecule has 1 unspecified atom stereocenters. The van der Waals surface area contributed by atoms with E-state index >= 15 is 0 Å². The van der Waals surface area contributed by atoms with Gasteiger partial charge in [0.1, 0.15) is 5.69 Å². The molecule has 1 fully saturated rings. The molecule has 0 bridgehead atoms. The standard InChI is InChI=1S/C23H24N8O/c24-20(19-21(23(32)29-28-22(19)25)27-16-5-3-11-26-12-16)14-7-9-17(10-8-14)31-13-15-4-1-2-6-18(15)30-31/h1-2,4,6-10,13,16,24,26H,3,5,11-12H2,(H,29,32)(H3,25,27,28). The highest BCUT2D eigenvalue weighted by molar-refractivity contribution is 6.16. The number of hydrogen-bond donors (Lipinski definition) is 5. The third-order valence-corrected chi connectivity index (χ3v) is 5.74. The molecule has 0 saturated carbocycles. The van der Waals surface area contributed by atoms with Crippen molar-refractivity contribution in [1.82, 2.24) is 25.3 Å². The Kier molecular flexibility index (Phi) is 5.16. The topological polar surface area (TPSA) is 138 Å². The number of benzene rings is 2. The van der Waals surface area contributed by atoms with Gasteiger partial charge in [-0.1, -0.05) is 30.3 Å². The number of H-pyrrole nitrogens is 1. The summed E-state index contributed by atoms with van der Waals surface area (Å²) in [6, 6.07) is 15.5. The van der Waals surface area contributed by atoms with Crippen LogP contribution in [-0.2, 0) is 0 Å². The lowest BCUT2D eigenvalue weighted by molar-refractivity contribution is 0.479. The van der Waals surface area contributed by atoms with Gasteiger partial charge in [0.15, 0.2) is 5.82 Å². The van der Waals surface area contributed by atoms with Crippen LogP contribution in [0.15, 0.2) is 59.5 Å². The molecule has 1 atom stereocenters. The third kappa shape index (κ3) is 3.74. The van der Waals surface area contributed by atoms with Gasteiger partial charge < -0.3 is 16.4 Å². The normalized spacial score (nSPS) is 16.2. The van der Waals surface area contributed by atoms with Gasteiger partial charge in [0.2, 0.25) is 0 Å². The second-order valence-corrected chi connectivity index (χ2v) is 7.93. The quantitative estimate of drug-likeness (QED) is 0.309. The van der Waals surface area contributed by atoms with E-state index < -0.39 is 0 Å². The van der Waals surface area contributed by atoms with Gasteiger partial charge >= 0.3 is 0 Å². The number of nitrogens with zero attached hydrogens (tertiary/aromatic N) is 3. The fourth-order valence-electron chi connectivity index (χ4n) is 4.06. The van der Waals surface area contributed by atoms with Gasteiger partial charge in [-0.3, -0.25) is 10.2 Å². The zero-order valence-electron chi connectivity index (χ0n) is 17.4. The van der Waals surface area contributed by atoms with Crippen LogP contribution in [0.1, 0.15) is 24.0 Å². The van der Waals surface area contributed by atoms with Crippen molar-refractivity contribution in [2.24, 2.45) is 0 Å². The van der Waals surface area contributed by atoms with E-state index in [1.54, 1.807) is 0 Å². The molecule has 0 amide bonds. The molecule has 2 aromatic carbocycles. The van der Waals surface area contributed by atoms with Crippen LogP contribution in [0, 0.1) is 5.41 Å². The zero-order valence-corrected chi connectivity index (χ0v) is 17.4. The molecule has 0 radical (unpaired) electrons. The van der Waals surface area contributed by atoms with Gasteiger partial charge in [0.05, 0.1) is 22.5 Å². The van der Waals surface area contributed by atoms with Crippen LogP contribution < -0.4 is 21.9 Å². The second-order valence-electron chi connectivity index (χ2n) is 7.93. The predicted octanol–water partition coefficient (Wildman–Crippen LogP) is 2.27. The molecular weight excluding hydrogens is 404 g/mol. The Labute approximate surface area is 184 Å². The summed E-state index contributed by atoms with van der Waals surface area (Å²) in [5.74, 6) is 0.114. The predicted molar refractivity (Wildman–Crippen MR) is 126 cm³/mol. The summed E-state index contributed by atoms with van der Waals surface area (Å²) in [5.41, 5.74) is 8.90. The molecule has 1 aliphatic rings. The fraction of sp³-hybridized carbons (Fsp3) is 0.217. The minimum atomic E-state index is -0.385. The Morgan fingerprint density at radius 1 is 1.19 bits per heavy atom. The van der Waals surface area contributed by atoms with E-state index in [9.17, 15) is 4.79 Å². The van der Waals surface area contributed by atoms with Crippen LogP contribution in [0.5, 0.6) is 0 Å². The van der Waals surface area contributed by atoms with Crippen LogP contribution in [-0.4, -0.2) is 44.8 Å². The summed E-state index contributed by atoms with van der Waals surface area (Å²) >= 11 is 0. The van der Waals surface area contributed by atoms with Crippen molar-refractivity contribution >= 4 is 28.1 Å². The van der Waals surface area contributed by atoms with Crippen molar-refractivity contribution in [1.29, 1.82) is 5.41 Å². The van der Waals surface area contributed by atoms with Gasteiger partial charge in [0.25, 0.3) is 5.56 Å². The largest absolute Gasteiger partial charge is 0.382 e. The van der Waals surface area contributed by atoms with Crippen molar-refractivity contribution in [3.8, 4) is 5.69 Å². The van der Waals surface area contributed by atoms with Crippen molar-refractivity contribution < 1.29 is 0 Å². The number of aromatic amines is 1. The van der Waals surface area contributed by atoms with Crippen molar-refractivity contribution in [3.05, 3.63) is 76.2 Å². The first-order chi connectivity index (χ1) is 15.6. The first-order valence-electron chi connectivity index (χ1n) is 10.6. The Morgan fingerprint density at radius 3 is 2.75 bits per heavy atom. The van der Waals surface area contributed by atoms with E-state index in [0.29, 0.717) is 16.8 Å². The molecule has 1 saturated heterocycles. The van der Waals surface area contributed by atoms with Crippen LogP contribution in [0.2, 0.25) is 0 Å². The number of piperidine rings is 1. The molecule has 5 rings (SSSR count). The lowest BCUT2D eigenvalue weighted by atomic mass is 10.0. The van der Waals surface area contributed by atoms with E-state index in [-0.39, 0.29) is 23.1 Å². The Hall–Kier alpha value is -3.98. The average Bonchev–Trinajstić information content (AvgIpc) is 3.26. The molecule has 0 spiro atoms. The number of rotatable bonds is 5. The van der Waals surface area contributed by atoms with E-state index in [1.165, 1.54) is 0 Å². The van der Waals surface area contributed by atoms with E-state index in [1.807, 2.05) is 59.4 Å². The minimum Gasteiger partial charge on any atom is -0.382 e.